The predicted molar refractivity (Wildman–Crippen MR) is 50.1 cm³/mol. The molecule has 1 aliphatic carbocycles. The van der Waals surface area contributed by atoms with Gasteiger partial charge in [0, 0.05) is 6.20 Å². The molecule has 1 saturated carbocycles. The Bertz CT molecular complexity index is 164. The average molecular weight is 183 g/mol. The molecule has 0 aliphatic heterocycles. The molecule has 1 aliphatic rings. The third-order valence-electron chi connectivity index (χ3n) is 2.16. The minimum atomic E-state index is 0.0255. The molecular formula is C9H17N3O. The topological polar surface area (TPSA) is 61.8 Å². The van der Waals surface area contributed by atoms with E-state index in [-0.39, 0.29) is 6.10 Å². The highest BCUT2D eigenvalue weighted by Crippen LogP contribution is 2.16. The lowest BCUT2D eigenvalue weighted by Gasteiger charge is -2.02. The lowest BCUT2D eigenvalue weighted by atomic mass is 10.2. The number of H-pyrrole nitrogens is 1. The zero-order valence-corrected chi connectivity index (χ0v) is 7.82. The summed E-state index contributed by atoms with van der Waals surface area (Å²) in [6, 6.07) is 0. The zero-order valence-electron chi connectivity index (χ0n) is 7.82. The van der Waals surface area contributed by atoms with Crippen molar-refractivity contribution in [1.29, 1.82) is 0 Å². The van der Waals surface area contributed by atoms with Crippen molar-refractivity contribution in [3.8, 4) is 0 Å². The van der Waals surface area contributed by atoms with Gasteiger partial charge in [-0.3, -0.25) is 5.10 Å². The predicted octanol–water partition coefficient (Wildman–Crippen LogP) is 1.51. The highest BCUT2D eigenvalue weighted by atomic mass is 16.3. The van der Waals surface area contributed by atoms with Crippen molar-refractivity contribution >= 4 is 0 Å². The van der Waals surface area contributed by atoms with Crippen LogP contribution in [0.25, 0.3) is 0 Å². The molecule has 1 aromatic rings. The maximum Gasteiger partial charge on any atom is 0.0690 e. The second-order valence-corrected chi connectivity index (χ2v) is 3.31. The van der Waals surface area contributed by atoms with Crippen LogP contribution in [0.3, 0.4) is 0 Å². The van der Waals surface area contributed by atoms with Crippen LogP contribution in [-0.2, 0) is 0 Å². The number of rotatable bonds is 0. The van der Waals surface area contributed by atoms with Crippen molar-refractivity contribution in [2.75, 3.05) is 0 Å². The van der Waals surface area contributed by atoms with Gasteiger partial charge in [-0.05, 0) is 12.8 Å². The van der Waals surface area contributed by atoms with Gasteiger partial charge in [-0.25, -0.2) is 0 Å². The summed E-state index contributed by atoms with van der Waals surface area (Å²) < 4.78 is 0. The standard InChI is InChI=1S/C7H14O.C2H3N3/c8-7-5-3-1-2-4-6-7;1-2-4-5-3-1/h7-8H,1-6H2;1-2H,(H,3,4,5). The number of aromatic nitrogens is 3. The third-order valence-corrected chi connectivity index (χ3v) is 2.16. The van der Waals surface area contributed by atoms with Crippen LogP contribution in [0.2, 0.25) is 0 Å². The van der Waals surface area contributed by atoms with Gasteiger partial charge >= 0.3 is 0 Å². The van der Waals surface area contributed by atoms with Gasteiger partial charge in [-0.15, -0.1) is 5.10 Å². The molecule has 0 aromatic carbocycles. The van der Waals surface area contributed by atoms with Crippen molar-refractivity contribution in [3.63, 3.8) is 0 Å². The van der Waals surface area contributed by atoms with Crippen LogP contribution in [0.15, 0.2) is 12.4 Å². The van der Waals surface area contributed by atoms with Crippen LogP contribution in [0, 0.1) is 0 Å². The molecule has 0 atom stereocenters. The molecule has 2 N–H and O–H groups in total. The number of nitrogens with zero attached hydrogens (tertiary/aromatic N) is 2. The summed E-state index contributed by atoms with van der Waals surface area (Å²) in [6.07, 6.45) is 10.5. The van der Waals surface area contributed by atoms with Gasteiger partial charge in [0.25, 0.3) is 0 Å². The quantitative estimate of drug-likeness (QED) is 0.599. The van der Waals surface area contributed by atoms with Crippen LogP contribution in [0.5, 0.6) is 0 Å². The molecule has 0 bridgehead atoms. The SMILES string of the molecule is OC1CCCCCC1.c1c[nH]nn1. The molecular weight excluding hydrogens is 166 g/mol. The maximum absolute atomic E-state index is 9.09. The Morgan fingerprint density at radius 3 is 2.23 bits per heavy atom. The van der Waals surface area contributed by atoms with E-state index in [1.165, 1.54) is 25.7 Å². The molecule has 0 saturated heterocycles. The molecule has 0 amide bonds. The van der Waals surface area contributed by atoms with Gasteiger partial charge in [0.2, 0.25) is 0 Å². The van der Waals surface area contributed by atoms with E-state index in [1.54, 1.807) is 12.4 Å². The van der Waals surface area contributed by atoms with Crippen molar-refractivity contribution in [2.45, 2.75) is 44.6 Å². The number of nitrogens with one attached hydrogen (secondary N) is 1. The monoisotopic (exact) mass is 183 g/mol. The highest BCUT2D eigenvalue weighted by Gasteiger charge is 2.06. The molecule has 1 fully saturated rings. The first kappa shape index (κ1) is 10.2. The normalized spacial score (nSPS) is 18.5. The van der Waals surface area contributed by atoms with E-state index < -0.39 is 0 Å². The molecule has 0 spiro atoms. The van der Waals surface area contributed by atoms with Crippen LogP contribution in [0.1, 0.15) is 38.5 Å². The number of aliphatic hydroxyl groups excluding tert-OH is 1. The number of aromatic amines is 1. The Morgan fingerprint density at radius 1 is 1.15 bits per heavy atom. The van der Waals surface area contributed by atoms with Gasteiger partial charge in [0.15, 0.2) is 0 Å². The summed E-state index contributed by atoms with van der Waals surface area (Å²) in [5, 5.41) is 18.4. The Kier molecular flexibility index (Phi) is 5.17. The van der Waals surface area contributed by atoms with Crippen molar-refractivity contribution < 1.29 is 5.11 Å². The van der Waals surface area contributed by atoms with Gasteiger partial charge in [-0.1, -0.05) is 30.9 Å². The number of hydrogen-bond acceptors (Lipinski definition) is 3. The molecule has 1 aromatic heterocycles. The van der Waals surface area contributed by atoms with E-state index in [0.29, 0.717) is 0 Å². The van der Waals surface area contributed by atoms with Gasteiger partial charge in [0.1, 0.15) is 0 Å². The average Bonchev–Trinajstić information content (AvgIpc) is 2.62. The van der Waals surface area contributed by atoms with E-state index in [4.69, 9.17) is 5.11 Å². The summed E-state index contributed by atoms with van der Waals surface area (Å²) in [7, 11) is 0. The fourth-order valence-corrected chi connectivity index (χ4v) is 1.42. The smallest absolute Gasteiger partial charge is 0.0690 e. The molecule has 74 valence electrons. The zero-order chi connectivity index (χ0) is 9.36. The third kappa shape index (κ3) is 5.36. The summed E-state index contributed by atoms with van der Waals surface area (Å²) in [6.45, 7) is 0. The van der Waals surface area contributed by atoms with Crippen molar-refractivity contribution in [2.24, 2.45) is 0 Å². The largest absolute Gasteiger partial charge is 0.393 e. The van der Waals surface area contributed by atoms with Gasteiger partial charge in [0.05, 0.1) is 12.3 Å². The molecule has 13 heavy (non-hydrogen) atoms. The van der Waals surface area contributed by atoms with E-state index in [0.717, 1.165) is 12.8 Å². The second-order valence-electron chi connectivity index (χ2n) is 3.31. The molecule has 2 rings (SSSR count). The molecule has 1 heterocycles. The Morgan fingerprint density at radius 2 is 1.85 bits per heavy atom. The highest BCUT2D eigenvalue weighted by molar-refractivity contribution is 4.60. The van der Waals surface area contributed by atoms with Crippen LogP contribution >= 0.6 is 0 Å². The molecule has 0 radical (unpaired) electrons. The Balaban J connectivity index is 0.000000145. The van der Waals surface area contributed by atoms with Gasteiger partial charge in [-0.2, -0.15) is 0 Å². The molecule has 0 unspecified atom stereocenters. The van der Waals surface area contributed by atoms with E-state index in [2.05, 4.69) is 15.4 Å². The minimum absolute atomic E-state index is 0.0255. The fraction of sp³-hybridized carbons (Fsp3) is 0.778. The molecule has 4 heteroatoms. The first-order valence-electron chi connectivity index (χ1n) is 4.88. The van der Waals surface area contributed by atoms with Crippen molar-refractivity contribution in [1.82, 2.24) is 15.4 Å². The summed E-state index contributed by atoms with van der Waals surface area (Å²) in [5.74, 6) is 0. The maximum atomic E-state index is 9.09. The number of aliphatic hydroxyl groups is 1. The lowest BCUT2D eigenvalue weighted by molar-refractivity contribution is 0.157. The van der Waals surface area contributed by atoms with E-state index in [9.17, 15) is 0 Å². The Labute approximate surface area is 78.4 Å². The first-order chi connectivity index (χ1) is 6.39. The Hall–Kier alpha value is -0.900. The van der Waals surface area contributed by atoms with Crippen molar-refractivity contribution in [3.05, 3.63) is 12.4 Å². The summed E-state index contributed by atoms with van der Waals surface area (Å²) in [5.41, 5.74) is 0. The van der Waals surface area contributed by atoms with E-state index >= 15 is 0 Å². The van der Waals surface area contributed by atoms with Crippen LogP contribution in [0.4, 0.5) is 0 Å². The van der Waals surface area contributed by atoms with Gasteiger partial charge < -0.3 is 5.11 Å². The lowest BCUT2D eigenvalue weighted by Crippen LogP contribution is -2.02. The minimum Gasteiger partial charge on any atom is -0.393 e. The summed E-state index contributed by atoms with van der Waals surface area (Å²) in [4.78, 5) is 0. The van der Waals surface area contributed by atoms with E-state index in [1.807, 2.05) is 0 Å². The fourth-order valence-electron chi connectivity index (χ4n) is 1.42. The number of hydrogen-bond donors (Lipinski definition) is 2. The first-order valence-corrected chi connectivity index (χ1v) is 4.88. The van der Waals surface area contributed by atoms with Crippen LogP contribution < -0.4 is 0 Å². The second kappa shape index (κ2) is 6.60. The van der Waals surface area contributed by atoms with Crippen LogP contribution in [-0.4, -0.2) is 26.6 Å². The molecule has 4 nitrogen and oxygen atoms in total. The summed E-state index contributed by atoms with van der Waals surface area (Å²) >= 11 is 0.